The highest BCUT2D eigenvalue weighted by atomic mass is 16.5. The number of allylic oxidation sites excluding steroid dienone is 1. The summed E-state index contributed by atoms with van der Waals surface area (Å²) in [5, 5.41) is 6.51. The largest absolute Gasteiger partial charge is 0.497 e. The quantitative estimate of drug-likeness (QED) is 0.594. The number of hydrogen-bond donors (Lipinski definition) is 2. The van der Waals surface area contributed by atoms with Gasteiger partial charge in [0.2, 0.25) is 0 Å². The second kappa shape index (κ2) is 9.78. The molecule has 2 aromatic carbocycles. The molecule has 0 unspecified atom stereocenters. The van der Waals surface area contributed by atoms with Crippen molar-refractivity contribution in [2.24, 2.45) is 5.10 Å². The summed E-state index contributed by atoms with van der Waals surface area (Å²) in [5.74, 6) is -0.0838. The zero-order chi connectivity index (χ0) is 18.8. The molecule has 6 heteroatoms. The van der Waals surface area contributed by atoms with Crippen LogP contribution >= 0.6 is 0 Å². The van der Waals surface area contributed by atoms with E-state index in [1.165, 1.54) is 0 Å². The lowest BCUT2D eigenvalue weighted by molar-refractivity contribution is -0.120. The van der Waals surface area contributed by atoms with Crippen molar-refractivity contribution >= 4 is 23.6 Å². The molecular weight excluding hydrogens is 330 g/mol. The van der Waals surface area contributed by atoms with Crippen molar-refractivity contribution in [3.05, 3.63) is 71.8 Å². The molecule has 0 aliphatic rings. The predicted molar refractivity (Wildman–Crippen MR) is 102 cm³/mol. The molecule has 6 nitrogen and oxygen atoms in total. The van der Waals surface area contributed by atoms with Gasteiger partial charge in [-0.2, -0.15) is 5.10 Å². The topological polar surface area (TPSA) is 79.8 Å². The highest BCUT2D eigenvalue weighted by Crippen LogP contribution is 2.10. The van der Waals surface area contributed by atoms with E-state index in [4.69, 9.17) is 4.74 Å². The molecule has 0 aliphatic carbocycles. The number of nitrogens with one attached hydrogen (secondary N) is 2. The average molecular weight is 351 g/mol. The number of carbonyl (C=O) groups is 2. The summed E-state index contributed by atoms with van der Waals surface area (Å²) in [6.07, 6.45) is 3.70. The first kappa shape index (κ1) is 18.9. The van der Waals surface area contributed by atoms with Crippen LogP contribution in [-0.4, -0.2) is 31.2 Å². The fourth-order valence-corrected chi connectivity index (χ4v) is 2.01. The van der Waals surface area contributed by atoms with Crippen LogP contribution in [0.25, 0.3) is 6.08 Å². The minimum absolute atomic E-state index is 0.163. The molecule has 134 valence electrons. The highest BCUT2D eigenvalue weighted by Gasteiger charge is 2.07. The van der Waals surface area contributed by atoms with Crippen LogP contribution in [-0.2, 0) is 4.79 Å². The second-order valence-corrected chi connectivity index (χ2v) is 5.44. The lowest BCUT2D eigenvalue weighted by atomic mass is 10.2. The normalized spacial score (nSPS) is 11.2. The van der Waals surface area contributed by atoms with Crippen molar-refractivity contribution < 1.29 is 14.3 Å². The van der Waals surface area contributed by atoms with E-state index < -0.39 is 5.91 Å². The van der Waals surface area contributed by atoms with Crippen LogP contribution in [0.15, 0.2) is 65.8 Å². The molecule has 0 heterocycles. The summed E-state index contributed by atoms with van der Waals surface area (Å²) in [6.45, 7) is 1.61. The zero-order valence-corrected chi connectivity index (χ0v) is 14.7. The number of amides is 2. The molecule has 2 aromatic rings. The molecule has 2 rings (SSSR count). The van der Waals surface area contributed by atoms with Crippen molar-refractivity contribution in [3.8, 4) is 5.75 Å². The fraction of sp³-hybridized carbons (Fsp3) is 0.150. The van der Waals surface area contributed by atoms with E-state index >= 15 is 0 Å². The summed E-state index contributed by atoms with van der Waals surface area (Å²) < 4.78 is 5.03. The Bertz CT molecular complexity index is 797. The van der Waals surface area contributed by atoms with Gasteiger partial charge in [-0.25, -0.2) is 5.43 Å². The van der Waals surface area contributed by atoms with Gasteiger partial charge in [-0.05, 0) is 42.8 Å². The molecule has 0 aromatic heterocycles. The first-order valence-corrected chi connectivity index (χ1v) is 8.07. The molecule has 0 spiro atoms. The molecule has 0 saturated carbocycles. The van der Waals surface area contributed by atoms with Crippen molar-refractivity contribution in [2.45, 2.75) is 6.92 Å². The minimum atomic E-state index is -0.403. The predicted octanol–water partition coefficient (Wildman–Crippen LogP) is 2.63. The fourth-order valence-electron chi connectivity index (χ4n) is 2.01. The molecule has 2 amide bonds. The van der Waals surface area contributed by atoms with E-state index in [0.29, 0.717) is 17.0 Å². The van der Waals surface area contributed by atoms with Gasteiger partial charge >= 0.3 is 0 Å². The third kappa shape index (κ3) is 6.24. The maximum absolute atomic E-state index is 12.0. The van der Waals surface area contributed by atoms with Crippen LogP contribution in [0.3, 0.4) is 0 Å². The van der Waals surface area contributed by atoms with E-state index in [0.717, 1.165) is 5.56 Å². The van der Waals surface area contributed by atoms with Crippen LogP contribution in [0.4, 0.5) is 0 Å². The van der Waals surface area contributed by atoms with Gasteiger partial charge in [0, 0.05) is 5.56 Å². The maximum atomic E-state index is 12.0. The van der Waals surface area contributed by atoms with Gasteiger partial charge < -0.3 is 10.1 Å². The van der Waals surface area contributed by atoms with E-state index in [9.17, 15) is 9.59 Å². The smallest absolute Gasteiger partial charge is 0.259 e. The first-order chi connectivity index (χ1) is 12.6. The Morgan fingerprint density at radius 2 is 1.77 bits per heavy atom. The molecule has 2 N–H and O–H groups in total. The van der Waals surface area contributed by atoms with E-state index in [1.807, 2.05) is 36.4 Å². The van der Waals surface area contributed by atoms with Gasteiger partial charge in [-0.1, -0.05) is 36.4 Å². The molecule has 0 radical (unpaired) electrons. The average Bonchev–Trinajstić information content (AvgIpc) is 2.69. The van der Waals surface area contributed by atoms with Crippen LogP contribution in [0.5, 0.6) is 5.75 Å². The van der Waals surface area contributed by atoms with Crippen molar-refractivity contribution in [3.63, 3.8) is 0 Å². The van der Waals surface area contributed by atoms with Gasteiger partial charge in [0.25, 0.3) is 11.8 Å². The number of ether oxygens (including phenoxy) is 1. The SMILES string of the molecule is COc1ccc(C(=O)NCC(=O)N/N=C(C)/C=C/c2ccccc2)cc1. The van der Waals surface area contributed by atoms with E-state index in [1.54, 1.807) is 44.4 Å². The molecule has 0 fully saturated rings. The van der Waals surface area contributed by atoms with Gasteiger partial charge in [-0.3, -0.25) is 9.59 Å². The number of rotatable bonds is 7. The van der Waals surface area contributed by atoms with Crippen LogP contribution < -0.4 is 15.5 Å². The minimum Gasteiger partial charge on any atom is -0.497 e. The number of hydrogen-bond acceptors (Lipinski definition) is 4. The number of nitrogens with zero attached hydrogens (tertiary/aromatic N) is 1. The first-order valence-electron chi connectivity index (χ1n) is 8.07. The van der Waals surface area contributed by atoms with E-state index in [-0.39, 0.29) is 12.5 Å². The maximum Gasteiger partial charge on any atom is 0.259 e. The molecule has 0 atom stereocenters. The summed E-state index contributed by atoms with van der Waals surface area (Å²) in [7, 11) is 1.55. The van der Waals surface area contributed by atoms with Gasteiger partial charge in [-0.15, -0.1) is 0 Å². The van der Waals surface area contributed by atoms with Gasteiger partial charge in [0.15, 0.2) is 0 Å². The molecule has 26 heavy (non-hydrogen) atoms. The number of hydrazone groups is 1. The number of methoxy groups -OCH3 is 1. The monoisotopic (exact) mass is 351 g/mol. The number of benzene rings is 2. The second-order valence-electron chi connectivity index (χ2n) is 5.44. The zero-order valence-electron chi connectivity index (χ0n) is 14.7. The highest BCUT2D eigenvalue weighted by molar-refractivity contribution is 5.98. The number of carbonyl (C=O) groups excluding carboxylic acids is 2. The Kier molecular flexibility index (Phi) is 7.12. The standard InChI is InChI=1S/C20H21N3O3/c1-15(8-9-16-6-4-3-5-7-16)22-23-19(24)14-21-20(25)17-10-12-18(26-2)13-11-17/h3-13H,14H2,1-2H3,(H,21,25)(H,23,24)/b9-8+,22-15+. The Hall–Kier alpha value is -3.41. The summed E-state index contributed by atoms with van der Waals surface area (Å²) >= 11 is 0. The third-order valence-electron chi connectivity index (χ3n) is 3.44. The van der Waals surface area contributed by atoms with Crippen molar-refractivity contribution in [1.82, 2.24) is 10.7 Å². The Morgan fingerprint density at radius 3 is 2.42 bits per heavy atom. The Morgan fingerprint density at radius 1 is 1.08 bits per heavy atom. The Labute approximate surface area is 152 Å². The van der Waals surface area contributed by atoms with Crippen molar-refractivity contribution in [2.75, 3.05) is 13.7 Å². The molecule has 0 aliphatic heterocycles. The van der Waals surface area contributed by atoms with Crippen molar-refractivity contribution in [1.29, 1.82) is 0 Å². The molecule has 0 bridgehead atoms. The molecular formula is C20H21N3O3. The summed E-state index contributed by atoms with van der Waals surface area (Å²) in [5.41, 5.74) is 4.54. The van der Waals surface area contributed by atoms with Crippen LogP contribution in [0, 0.1) is 0 Å². The third-order valence-corrected chi connectivity index (χ3v) is 3.44. The summed E-state index contributed by atoms with van der Waals surface area (Å²) in [6, 6.07) is 16.4. The molecule has 0 saturated heterocycles. The summed E-state index contributed by atoms with van der Waals surface area (Å²) in [4.78, 5) is 23.7. The van der Waals surface area contributed by atoms with Gasteiger partial charge in [0.05, 0.1) is 19.4 Å². The lowest BCUT2D eigenvalue weighted by Gasteiger charge is -2.05. The van der Waals surface area contributed by atoms with Crippen LogP contribution in [0.2, 0.25) is 0 Å². The lowest BCUT2D eigenvalue weighted by Crippen LogP contribution is -2.35. The van der Waals surface area contributed by atoms with Crippen LogP contribution in [0.1, 0.15) is 22.8 Å². The Balaban J connectivity index is 1.78. The van der Waals surface area contributed by atoms with E-state index in [2.05, 4.69) is 15.8 Å². The van der Waals surface area contributed by atoms with Gasteiger partial charge in [0.1, 0.15) is 5.75 Å².